The largest absolute Gasteiger partial charge is 0.387 e. The van der Waals surface area contributed by atoms with Crippen LogP contribution in [-0.4, -0.2) is 17.7 Å². The molecule has 4 rings (SSSR count). The van der Waals surface area contributed by atoms with Gasteiger partial charge >= 0.3 is 6.03 Å². The van der Waals surface area contributed by atoms with Gasteiger partial charge in [-0.05, 0) is 45.7 Å². The standard InChI is InChI=1S/C21H20N2O3/c24-20(16-6-5-14-3-1-2-4-15(14)9-16)11-22-21(25)23-19-8-7-17-12-26-13-18(17)10-19/h1-10,20,24H,11-13H2,(H2,22,23,25). The van der Waals surface area contributed by atoms with Crippen molar-refractivity contribution in [3.8, 4) is 0 Å². The molecule has 0 radical (unpaired) electrons. The number of urea groups is 1. The van der Waals surface area contributed by atoms with Crippen LogP contribution in [0.3, 0.4) is 0 Å². The highest BCUT2D eigenvalue weighted by Gasteiger charge is 2.13. The highest BCUT2D eigenvalue weighted by Crippen LogP contribution is 2.23. The number of aliphatic hydroxyl groups excluding tert-OH is 1. The minimum Gasteiger partial charge on any atom is -0.387 e. The Kier molecular flexibility index (Phi) is 4.56. The lowest BCUT2D eigenvalue weighted by molar-refractivity contribution is 0.134. The van der Waals surface area contributed by atoms with Crippen LogP contribution < -0.4 is 10.6 Å². The van der Waals surface area contributed by atoms with E-state index in [4.69, 9.17) is 4.74 Å². The number of hydrogen-bond acceptors (Lipinski definition) is 3. The van der Waals surface area contributed by atoms with Crippen LogP contribution in [0, 0.1) is 0 Å². The minimum absolute atomic E-state index is 0.137. The third-order valence-corrected chi connectivity index (χ3v) is 4.59. The predicted octanol–water partition coefficient (Wildman–Crippen LogP) is 3.73. The first-order valence-electron chi connectivity index (χ1n) is 8.60. The van der Waals surface area contributed by atoms with E-state index in [2.05, 4.69) is 10.6 Å². The molecule has 1 atom stereocenters. The highest BCUT2D eigenvalue weighted by atomic mass is 16.5. The highest BCUT2D eigenvalue weighted by molar-refractivity contribution is 5.89. The fraction of sp³-hybridized carbons (Fsp3) is 0.190. The van der Waals surface area contributed by atoms with Gasteiger partial charge in [-0.1, -0.05) is 42.5 Å². The molecule has 3 aromatic carbocycles. The Labute approximate surface area is 151 Å². The van der Waals surface area contributed by atoms with E-state index in [0.717, 1.165) is 27.5 Å². The number of rotatable bonds is 4. The molecule has 0 bridgehead atoms. The first-order chi connectivity index (χ1) is 12.7. The molecule has 132 valence electrons. The molecule has 3 N–H and O–H groups in total. The molecule has 5 nitrogen and oxygen atoms in total. The van der Waals surface area contributed by atoms with E-state index in [-0.39, 0.29) is 12.6 Å². The Morgan fingerprint density at radius 3 is 2.69 bits per heavy atom. The van der Waals surface area contributed by atoms with Crippen LogP contribution >= 0.6 is 0 Å². The summed E-state index contributed by atoms with van der Waals surface area (Å²) in [6.45, 7) is 1.34. The van der Waals surface area contributed by atoms with Crippen molar-refractivity contribution in [1.82, 2.24) is 5.32 Å². The Bertz CT molecular complexity index is 955. The SMILES string of the molecule is O=C(NCC(O)c1ccc2ccccc2c1)Nc1ccc2c(c1)COC2. The van der Waals surface area contributed by atoms with E-state index >= 15 is 0 Å². The second kappa shape index (κ2) is 7.15. The summed E-state index contributed by atoms with van der Waals surface area (Å²) >= 11 is 0. The maximum absolute atomic E-state index is 12.1. The van der Waals surface area contributed by atoms with Gasteiger partial charge in [0.15, 0.2) is 0 Å². The number of ether oxygens (including phenoxy) is 1. The number of aliphatic hydroxyl groups is 1. The monoisotopic (exact) mass is 348 g/mol. The van der Waals surface area contributed by atoms with Crippen molar-refractivity contribution in [2.24, 2.45) is 0 Å². The number of hydrogen-bond donors (Lipinski definition) is 3. The first kappa shape index (κ1) is 16.6. The zero-order valence-corrected chi connectivity index (χ0v) is 14.2. The van der Waals surface area contributed by atoms with Gasteiger partial charge in [0, 0.05) is 12.2 Å². The molecule has 0 saturated carbocycles. The van der Waals surface area contributed by atoms with Crippen LogP contribution in [0.15, 0.2) is 60.7 Å². The van der Waals surface area contributed by atoms with E-state index in [1.807, 2.05) is 60.7 Å². The van der Waals surface area contributed by atoms with E-state index in [1.165, 1.54) is 0 Å². The summed E-state index contributed by atoms with van der Waals surface area (Å²) in [5, 5.41) is 18.1. The van der Waals surface area contributed by atoms with Crippen molar-refractivity contribution in [2.45, 2.75) is 19.3 Å². The Morgan fingerprint density at radius 1 is 1.00 bits per heavy atom. The van der Waals surface area contributed by atoms with E-state index in [0.29, 0.717) is 18.9 Å². The molecule has 26 heavy (non-hydrogen) atoms. The second-order valence-electron chi connectivity index (χ2n) is 6.43. The van der Waals surface area contributed by atoms with Gasteiger partial charge in [0.25, 0.3) is 0 Å². The topological polar surface area (TPSA) is 70.6 Å². The molecule has 0 aromatic heterocycles. The van der Waals surface area contributed by atoms with Gasteiger partial charge in [0.1, 0.15) is 0 Å². The van der Waals surface area contributed by atoms with E-state index in [9.17, 15) is 9.90 Å². The minimum atomic E-state index is -0.765. The van der Waals surface area contributed by atoms with Crippen LogP contribution in [0.5, 0.6) is 0 Å². The zero-order chi connectivity index (χ0) is 17.9. The number of benzene rings is 3. The molecule has 0 fully saturated rings. The average molecular weight is 348 g/mol. The number of nitrogens with one attached hydrogen (secondary N) is 2. The summed E-state index contributed by atoms with van der Waals surface area (Å²) in [5.41, 5.74) is 3.74. The lowest BCUT2D eigenvalue weighted by Crippen LogP contribution is -2.32. The van der Waals surface area contributed by atoms with Gasteiger partial charge in [-0.15, -0.1) is 0 Å². The molecule has 1 aliphatic heterocycles. The molecule has 1 heterocycles. The van der Waals surface area contributed by atoms with Crippen molar-refractivity contribution in [3.05, 3.63) is 77.4 Å². The molecular weight excluding hydrogens is 328 g/mol. The number of carbonyl (C=O) groups is 1. The predicted molar refractivity (Wildman–Crippen MR) is 101 cm³/mol. The molecule has 5 heteroatoms. The lowest BCUT2D eigenvalue weighted by atomic mass is 10.0. The van der Waals surface area contributed by atoms with E-state index in [1.54, 1.807) is 0 Å². The normalized spacial score (nSPS) is 14.0. The lowest BCUT2D eigenvalue weighted by Gasteiger charge is -2.14. The van der Waals surface area contributed by atoms with Crippen molar-refractivity contribution >= 4 is 22.5 Å². The summed E-state index contributed by atoms with van der Waals surface area (Å²) in [4.78, 5) is 12.1. The molecule has 1 unspecified atom stereocenters. The molecule has 0 aliphatic carbocycles. The summed E-state index contributed by atoms with van der Waals surface area (Å²) in [6.07, 6.45) is -0.765. The number of anilines is 1. The summed E-state index contributed by atoms with van der Waals surface area (Å²) in [5.74, 6) is 0. The van der Waals surface area contributed by atoms with Crippen molar-refractivity contribution in [2.75, 3.05) is 11.9 Å². The van der Waals surface area contributed by atoms with Crippen molar-refractivity contribution in [1.29, 1.82) is 0 Å². The molecule has 3 aromatic rings. The average Bonchev–Trinajstić information content (AvgIpc) is 3.13. The van der Waals surface area contributed by atoms with Gasteiger partial charge in [0.05, 0.1) is 19.3 Å². The van der Waals surface area contributed by atoms with Gasteiger partial charge in [-0.3, -0.25) is 0 Å². The fourth-order valence-corrected chi connectivity index (χ4v) is 3.15. The molecule has 1 aliphatic rings. The number of amides is 2. The number of fused-ring (bicyclic) bond motifs is 2. The summed E-state index contributed by atoms with van der Waals surface area (Å²) in [6, 6.07) is 19.2. The third-order valence-electron chi connectivity index (χ3n) is 4.59. The Balaban J connectivity index is 1.35. The van der Waals surface area contributed by atoms with Crippen LogP contribution in [0.1, 0.15) is 22.8 Å². The van der Waals surface area contributed by atoms with Gasteiger partial charge in [-0.2, -0.15) is 0 Å². The quantitative estimate of drug-likeness (QED) is 0.673. The molecule has 0 saturated heterocycles. The van der Waals surface area contributed by atoms with Crippen LogP contribution in [0.4, 0.5) is 10.5 Å². The smallest absolute Gasteiger partial charge is 0.319 e. The molecule has 0 spiro atoms. The maximum Gasteiger partial charge on any atom is 0.319 e. The summed E-state index contributed by atoms with van der Waals surface area (Å²) in [7, 11) is 0. The number of carbonyl (C=O) groups excluding carboxylic acids is 1. The van der Waals surface area contributed by atoms with Gasteiger partial charge in [0.2, 0.25) is 0 Å². The maximum atomic E-state index is 12.1. The summed E-state index contributed by atoms with van der Waals surface area (Å²) < 4.78 is 5.37. The zero-order valence-electron chi connectivity index (χ0n) is 14.2. The Morgan fingerprint density at radius 2 is 1.81 bits per heavy atom. The van der Waals surface area contributed by atoms with E-state index < -0.39 is 6.10 Å². The van der Waals surface area contributed by atoms with Gasteiger partial charge < -0.3 is 20.5 Å². The Hall–Kier alpha value is -2.89. The van der Waals surface area contributed by atoms with Crippen LogP contribution in [-0.2, 0) is 18.0 Å². The van der Waals surface area contributed by atoms with Crippen LogP contribution in [0.25, 0.3) is 10.8 Å². The molecule has 2 amide bonds. The second-order valence-corrected chi connectivity index (χ2v) is 6.43. The fourth-order valence-electron chi connectivity index (χ4n) is 3.15. The molecular formula is C21H20N2O3. The van der Waals surface area contributed by atoms with Gasteiger partial charge in [-0.25, -0.2) is 4.79 Å². The van der Waals surface area contributed by atoms with Crippen molar-refractivity contribution < 1.29 is 14.6 Å². The van der Waals surface area contributed by atoms with Crippen molar-refractivity contribution in [3.63, 3.8) is 0 Å². The van der Waals surface area contributed by atoms with Crippen LogP contribution in [0.2, 0.25) is 0 Å². The third kappa shape index (κ3) is 3.54. The first-order valence-corrected chi connectivity index (χ1v) is 8.60.